The average Bonchev–Trinajstić information content (AvgIpc) is 2.62. The predicted octanol–water partition coefficient (Wildman–Crippen LogP) is -3.64. The Hall–Kier alpha value is -0.980. The Kier molecular flexibility index (Phi) is 4.85. The summed E-state index contributed by atoms with van der Waals surface area (Å²) >= 11 is 0. The first-order chi connectivity index (χ1) is 7.27. The van der Waals surface area contributed by atoms with Crippen LogP contribution in [0, 0.1) is 0 Å². The van der Waals surface area contributed by atoms with E-state index in [2.05, 4.69) is 15.3 Å². The number of aromatic nitrogens is 4. The Labute approximate surface area is 114 Å². The molecule has 7 heteroatoms. The molecule has 2 aromatic rings. The Balaban J connectivity index is 0.00000128. The number of aryl methyl sites for hydroxylation is 1. The maximum atomic E-state index is 10.2. The molecule has 0 radical (unpaired) electrons. The van der Waals surface area contributed by atoms with Crippen molar-refractivity contribution in [3.63, 3.8) is 0 Å². The van der Waals surface area contributed by atoms with Crippen LogP contribution in [0.4, 0.5) is 0 Å². The summed E-state index contributed by atoms with van der Waals surface area (Å²) < 4.78 is 1.64. The van der Waals surface area contributed by atoms with Crippen LogP contribution < -0.4 is 34.7 Å². The number of pyridine rings is 1. The number of carbonyl (C=O) groups is 1. The van der Waals surface area contributed by atoms with Crippen LogP contribution in [0.3, 0.4) is 0 Å². The predicted molar refractivity (Wildman–Crippen MR) is 49.6 cm³/mol. The molecule has 0 N–H and O–H groups in total. The van der Waals surface area contributed by atoms with Crippen LogP contribution >= 0.6 is 0 Å². The van der Waals surface area contributed by atoms with Crippen molar-refractivity contribution in [1.82, 2.24) is 20.0 Å². The van der Waals surface area contributed by atoms with E-state index in [1.165, 1.54) is 0 Å². The van der Waals surface area contributed by atoms with Crippen LogP contribution in [0.15, 0.2) is 18.3 Å². The second-order valence-electron chi connectivity index (χ2n) is 3.13. The van der Waals surface area contributed by atoms with Gasteiger partial charge in [0.2, 0.25) is 5.65 Å². The smallest absolute Gasteiger partial charge is 0.550 e. The van der Waals surface area contributed by atoms with Crippen LogP contribution in [0.2, 0.25) is 0 Å². The zero-order valence-electron chi connectivity index (χ0n) is 8.96. The molecule has 0 saturated carbocycles. The monoisotopic (exact) mass is 228 g/mol. The number of hydrogen-bond donors (Lipinski definition) is 0. The van der Waals surface area contributed by atoms with E-state index >= 15 is 0 Å². The number of nitrogens with zero attached hydrogens (tertiary/aromatic N) is 4. The van der Waals surface area contributed by atoms with E-state index in [9.17, 15) is 9.90 Å². The Morgan fingerprint density at radius 2 is 2.31 bits per heavy atom. The number of carboxylic acid groups (broad SMARTS) is 1. The molecule has 0 spiro atoms. The number of aliphatic carboxylic acids is 1. The van der Waals surface area contributed by atoms with Crippen molar-refractivity contribution >= 4 is 17.1 Å². The third kappa shape index (κ3) is 3.01. The maximum absolute atomic E-state index is 10.2. The maximum Gasteiger partial charge on any atom is 1.00 e. The Morgan fingerprint density at radius 3 is 3.06 bits per heavy atom. The molecule has 0 amide bonds. The van der Waals surface area contributed by atoms with Gasteiger partial charge in [0.05, 0.1) is 0 Å². The number of carbonyl (C=O) groups excluding carboxylic acids is 1. The van der Waals surface area contributed by atoms with Gasteiger partial charge in [-0.1, -0.05) is 5.21 Å². The number of carboxylic acids is 1. The molecule has 0 atom stereocenters. The zero-order chi connectivity index (χ0) is 10.7. The number of fused-ring (bicyclic) bond motifs is 1. The first-order valence-electron chi connectivity index (χ1n) is 4.61. The molecule has 16 heavy (non-hydrogen) atoms. The quantitative estimate of drug-likeness (QED) is 0.504. The van der Waals surface area contributed by atoms with Gasteiger partial charge < -0.3 is 9.90 Å². The summed E-state index contributed by atoms with van der Waals surface area (Å²) in [5.74, 6) is -1.04. The van der Waals surface area contributed by atoms with Crippen molar-refractivity contribution in [3.8, 4) is 0 Å². The minimum Gasteiger partial charge on any atom is -0.550 e. The summed E-state index contributed by atoms with van der Waals surface area (Å²) in [6.07, 6.45) is 2.15. The van der Waals surface area contributed by atoms with Crippen molar-refractivity contribution in [2.75, 3.05) is 0 Å². The fourth-order valence-corrected chi connectivity index (χ4v) is 1.35. The van der Waals surface area contributed by atoms with E-state index in [0.29, 0.717) is 18.6 Å². The summed E-state index contributed by atoms with van der Waals surface area (Å²) in [6.45, 7) is 0.510. The van der Waals surface area contributed by atoms with Gasteiger partial charge in [-0.3, -0.25) is 0 Å². The molecule has 0 aliphatic carbocycles. The molecule has 0 aliphatic rings. The summed E-state index contributed by atoms with van der Waals surface area (Å²) in [5, 5.41) is 18.0. The largest absolute Gasteiger partial charge is 1.00 e. The number of hydrogen-bond acceptors (Lipinski definition) is 5. The van der Waals surface area contributed by atoms with Gasteiger partial charge in [0.1, 0.15) is 5.52 Å². The average molecular weight is 228 g/mol. The summed E-state index contributed by atoms with van der Waals surface area (Å²) in [4.78, 5) is 14.2. The first-order valence-corrected chi connectivity index (χ1v) is 4.61. The van der Waals surface area contributed by atoms with Gasteiger partial charge >= 0.3 is 29.6 Å². The van der Waals surface area contributed by atoms with Crippen LogP contribution in [0.1, 0.15) is 12.8 Å². The van der Waals surface area contributed by atoms with Gasteiger partial charge in [-0.15, -0.1) is 5.10 Å². The van der Waals surface area contributed by atoms with E-state index in [1.54, 1.807) is 16.9 Å². The molecular formula is C9H9N4NaO2. The molecule has 0 aromatic carbocycles. The zero-order valence-corrected chi connectivity index (χ0v) is 11.0. The summed E-state index contributed by atoms with van der Waals surface area (Å²) in [5.41, 5.74) is 1.39. The van der Waals surface area contributed by atoms with Crippen molar-refractivity contribution in [2.24, 2.45) is 0 Å². The third-order valence-electron chi connectivity index (χ3n) is 2.04. The minimum absolute atomic E-state index is 0. The van der Waals surface area contributed by atoms with Crippen LogP contribution in [0.5, 0.6) is 0 Å². The normalized spacial score (nSPS) is 10.0. The first kappa shape index (κ1) is 13.1. The molecule has 0 bridgehead atoms. The van der Waals surface area contributed by atoms with Gasteiger partial charge in [-0.25, -0.2) is 9.67 Å². The molecule has 2 heterocycles. The Morgan fingerprint density at radius 1 is 1.50 bits per heavy atom. The van der Waals surface area contributed by atoms with Crippen molar-refractivity contribution in [1.29, 1.82) is 0 Å². The van der Waals surface area contributed by atoms with Crippen molar-refractivity contribution < 1.29 is 39.5 Å². The van der Waals surface area contributed by atoms with Crippen molar-refractivity contribution in [2.45, 2.75) is 19.4 Å². The summed E-state index contributed by atoms with van der Waals surface area (Å²) in [6, 6.07) is 3.64. The molecule has 0 fully saturated rings. The second-order valence-corrected chi connectivity index (χ2v) is 3.13. The van der Waals surface area contributed by atoms with Crippen molar-refractivity contribution in [3.05, 3.63) is 18.3 Å². The van der Waals surface area contributed by atoms with Crippen LogP contribution in [-0.2, 0) is 11.3 Å². The van der Waals surface area contributed by atoms with E-state index in [0.717, 1.165) is 5.52 Å². The van der Waals surface area contributed by atoms with Crippen LogP contribution in [-0.4, -0.2) is 25.9 Å². The van der Waals surface area contributed by atoms with E-state index < -0.39 is 5.97 Å². The van der Waals surface area contributed by atoms with E-state index in [1.807, 2.05) is 6.07 Å². The van der Waals surface area contributed by atoms with Gasteiger partial charge in [0.15, 0.2) is 0 Å². The van der Waals surface area contributed by atoms with Gasteiger partial charge in [-0.05, 0) is 25.0 Å². The molecular weight excluding hydrogens is 219 g/mol. The molecule has 2 aromatic heterocycles. The van der Waals surface area contributed by atoms with Gasteiger partial charge in [-0.2, -0.15) is 0 Å². The van der Waals surface area contributed by atoms with E-state index in [-0.39, 0.29) is 36.0 Å². The molecule has 2 rings (SSSR count). The molecule has 0 unspecified atom stereocenters. The SMILES string of the molecule is O=C([O-])CCCn1nnc2ncccc21.[Na+]. The molecule has 78 valence electrons. The van der Waals surface area contributed by atoms with Gasteiger partial charge in [0, 0.05) is 18.7 Å². The fourth-order valence-electron chi connectivity index (χ4n) is 1.35. The van der Waals surface area contributed by atoms with Crippen LogP contribution in [0.25, 0.3) is 11.2 Å². The minimum atomic E-state index is -1.04. The van der Waals surface area contributed by atoms with Gasteiger partial charge in [0.25, 0.3) is 0 Å². The molecule has 6 nitrogen and oxygen atoms in total. The Bertz CT molecular complexity index is 485. The summed E-state index contributed by atoms with van der Waals surface area (Å²) in [7, 11) is 0. The molecule has 0 saturated heterocycles. The van der Waals surface area contributed by atoms with E-state index in [4.69, 9.17) is 0 Å². The fraction of sp³-hybridized carbons (Fsp3) is 0.333. The number of rotatable bonds is 4. The second kappa shape index (κ2) is 5.93. The molecule has 0 aliphatic heterocycles. The standard InChI is InChI=1S/C9H10N4O2.Na/c14-8(15)4-2-6-13-7-3-1-5-10-9(7)11-12-13;/h1,3,5H,2,4,6H2,(H,14,15);/q;+1/p-1. The topological polar surface area (TPSA) is 83.7 Å². The third-order valence-corrected chi connectivity index (χ3v) is 2.04.